The zero-order chi connectivity index (χ0) is 14.9. The molecule has 0 unspecified atom stereocenters. The van der Waals surface area contributed by atoms with E-state index in [9.17, 15) is 27.5 Å². The summed E-state index contributed by atoms with van der Waals surface area (Å²) in [5.74, 6) is -2.92. The van der Waals surface area contributed by atoms with Crippen molar-refractivity contribution in [1.29, 1.82) is 0 Å². The summed E-state index contributed by atoms with van der Waals surface area (Å²) in [7, 11) is 0. The lowest BCUT2D eigenvalue weighted by Crippen LogP contribution is -2.12. The Morgan fingerprint density at radius 2 is 1.75 bits per heavy atom. The van der Waals surface area contributed by atoms with Gasteiger partial charge in [0.25, 0.3) is 6.43 Å². The number of halogens is 4. The predicted octanol–water partition coefficient (Wildman–Crippen LogP) is 2.96. The van der Waals surface area contributed by atoms with Crippen molar-refractivity contribution in [3.8, 4) is 11.6 Å². The van der Waals surface area contributed by atoms with E-state index in [0.29, 0.717) is 4.68 Å². The zero-order valence-electron chi connectivity index (χ0n) is 9.80. The molecule has 20 heavy (non-hydrogen) atoms. The Morgan fingerprint density at radius 1 is 1.15 bits per heavy atom. The lowest BCUT2D eigenvalue weighted by atomic mass is 10.1. The summed E-state index contributed by atoms with van der Waals surface area (Å²) in [5, 5.41) is 13.1. The Bertz CT molecular complexity index is 626. The topological polar surface area (TPSA) is 55.1 Å². The molecule has 4 nitrogen and oxygen atoms in total. The number of rotatable bonds is 4. The molecule has 0 aliphatic carbocycles. The lowest BCUT2D eigenvalue weighted by Gasteiger charge is -2.02. The van der Waals surface area contributed by atoms with Gasteiger partial charge in [-0.25, -0.2) is 22.2 Å². The minimum Gasteiger partial charge on any atom is -0.493 e. The van der Waals surface area contributed by atoms with Crippen molar-refractivity contribution in [2.45, 2.75) is 12.9 Å². The molecular formula is C12H8F4N2O2. The number of para-hydroxylation sites is 1. The van der Waals surface area contributed by atoms with Gasteiger partial charge in [0.05, 0.1) is 5.69 Å². The Labute approximate surface area is 110 Å². The van der Waals surface area contributed by atoms with E-state index >= 15 is 0 Å². The van der Waals surface area contributed by atoms with Gasteiger partial charge in [-0.1, -0.05) is 18.2 Å². The minimum absolute atomic E-state index is 0.167. The first-order valence-electron chi connectivity index (χ1n) is 5.41. The number of aromatic nitrogens is 2. The van der Waals surface area contributed by atoms with E-state index in [1.807, 2.05) is 0 Å². The van der Waals surface area contributed by atoms with E-state index in [1.54, 1.807) is 6.07 Å². The van der Waals surface area contributed by atoms with Crippen molar-refractivity contribution in [2.75, 3.05) is 0 Å². The molecule has 0 fully saturated rings. The minimum atomic E-state index is -3.51. The summed E-state index contributed by atoms with van der Waals surface area (Å²) in [6.07, 6.45) is -6.77. The zero-order valence-corrected chi connectivity index (χ0v) is 9.80. The van der Waals surface area contributed by atoms with Crippen LogP contribution in [0.1, 0.15) is 22.5 Å². The van der Waals surface area contributed by atoms with Gasteiger partial charge in [-0.3, -0.25) is 4.79 Å². The number of alkyl halides is 4. The second-order valence-electron chi connectivity index (χ2n) is 3.80. The van der Waals surface area contributed by atoms with Gasteiger partial charge in [0, 0.05) is 0 Å². The fourth-order valence-electron chi connectivity index (χ4n) is 1.67. The van der Waals surface area contributed by atoms with Crippen LogP contribution in [0.15, 0.2) is 30.3 Å². The first-order valence-corrected chi connectivity index (χ1v) is 5.41. The number of benzene rings is 1. The van der Waals surface area contributed by atoms with Gasteiger partial charge in [0.1, 0.15) is 11.3 Å². The van der Waals surface area contributed by atoms with Gasteiger partial charge in [0.2, 0.25) is 11.7 Å². The molecule has 0 amide bonds. The molecule has 2 aromatic rings. The SMILES string of the molecule is O=C(c1c(C(F)F)nn(-c2ccccc2)c1O)C(F)F. The van der Waals surface area contributed by atoms with Crippen LogP contribution in [0, 0.1) is 0 Å². The maximum atomic E-state index is 12.8. The van der Waals surface area contributed by atoms with Crippen LogP contribution >= 0.6 is 0 Å². The van der Waals surface area contributed by atoms with E-state index in [2.05, 4.69) is 5.10 Å². The highest BCUT2D eigenvalue weighted by atomic mass is 19.3. The summed E-state index contributed by atoms with van der Waals surface area (Å²) in [4.78, 5) is 11.2. The standard InChI is InChI=1S/C12H8F4N2O2/c13-10(14)8-7(9(19)11(15)16)12(20)18(17-8)6-4-2-1-3-5-6/h1-5,10-11,20H. The molecule has 2 rings (SSSR count). The van der Waals surface area contributed by atoms with Gasteiger partial charge in [-0.2, -0.15) is 5.10 Å². The van der Waals surface area contributed by atoms with Gasteiger partial charge in [0.15, 0.2) is 0 Å². The van der Waals surface area contributed by atoms with E-state index in [0.717, 1.165) is 0 Å². The van der Waals surface area contributed by atoms with Crippen molar-refractivity contribution in [1.82, 2.24) is 9.78 Å². The first kappa shape index (κ1) is 14.0. The quantitative estimate of drug-likeness (QED) is 0.695. The molecule has 0 bridgehead atoms. The van der Waals surface area contributed by atoms with E-state index in [1.165, 1.54) is 24.3 Å². The third-order valence-corrected chi connectivity index (χ3v) is 2.54. The lowest BCUT2D eigenvalue weighted by molar-refractivity contribution is 0.0665. The first-order chi connectivity index (χ1) is 9.43. The molecule has 8 heteroatoms. The van der Waals surface area contributed by atoms with Crippen molar-refractivity contribution >= 4 is 5.78 Å². The van der Waals surface area contributed by atoms with Crippen LogP contribution in [0.2, 0.25) is 0 Å². The summed E-state index contributed by atoms with van der Waals surface area (Å²) in [6, 6.07) is 7.53. The molecule has 106 valence electrons. The number of Topliss-reactive ketones (excluding diaryl/α,β-unsaturated/α-hetero) is 1. The Morgan fingerprint density at radius 3 is 2.25 bits per heavy atom. The number of hydrogen-bond acceptors (Lipinski definition) is 3. The Balaban J connectivity index is 2.63. The average Bonchev–Trinajstić information content (AvgIpc) is 2.76. The number of carbonyl (C=O) groups is 1. The van der Waals surface area contributed by atoms with E-state index in [4.69, 9.17) is 0 Å². The highest BCUT2D eigenvalue weighted by Gasteiger charge is 2.33. The van der Waals surface area contributed by atoms with Crippen LogP contribution in [0.5, 0.6) is 5.88 Å². The predicted molar refractivity (Wildman–Crippen MR) is 60.5 cm³/mol. The molecule has 1 aromatic heterocycles. The molecule has 0 aliphatic heterocycles. The maximum absolute atomic E-state index is 12.8. The van der Waals surface area contributed by atoms with Gasteiger partial charge in [-0.15, -0.1) is 0 Å². The number of ketones is 1. The van der Waals surface area contributed by atoms with E-state index in [-0.39, 0.29) is 5.69 Å². The van der Waals surface area contributed by atoms with Gasteiger partial charge in [-0.05, 0) is 12.1 Å². The fourth-order valence-corrected chi connectivity index (χ4v) is 1.67. The third kappa shape index (κ3) is 2.36. The Hall–Kier alpha value is -2.38. The summed E-state index contributed by atoms with van der Waals surface area (Å²) < 4.78 is 51.0. The molecule has 0 radical (unpaired) electrons. The second-order valence-corrected chi connectivity index (χ2v) is 3.80. The van der Waals surface area contributed by atoms with Crippen molar-refractivity contribution in [3.05, 3.63) is 41.6 Å². The molecular weight excluding hydrogens is 280 g/mol. The fraction of sp³-hybridized carbons (Fsp3) is 0.167. The number of aromatic hydroxyl groups is 1. The van der Waals surface area contributed by atoms with Crippen LogP contribution in [-0.2, 0) is 0 Å². The maximum Gasteiger partial charge on any atom is 0.300 e. The van der Waals surface area contributed by atoms with Crippen LogP contribution in [0.3, 0.4) is 0 Å². The van der Waals surface area contributed by atoms with E-state index < -0.39 is 35.8 Å². The monoisotopic (exact) mass is 288 g/mol. The summed E-state index contributed by atoms with van der Waals surface area (Å²) >= 11 is 0. The van der Waals surface area contributed by atoms with Crippen LogP contribution in [0.4, 0.5) is 17.6 Å². The molecule has 0 atom stereocenters. The number of carbonyl (C=O) groups excluding carboxylic acids is 1. The third-order valence-electron chi connectivity index (χ3n) is 2.54. The smallest absolute Gasteiger partial charge is 0.300 e. The second kappa shape index (κ2) is 5.32. The summed E-state index contributed by atoms with van der Waals surface area (Å²) in [5.41, 5.74) is -2.16. The van der Waals surface area contributed by atoms with Crippen LogP contribution in [-0.4, -0.2) is 27.1 Å². The molecule has 0 saturated heterocycles. The normalized spacial score (nSPS) is 11.3. The molecule has 0 spiro atoms. The van der Waals surface area contributed by atoms with Crippen molar-refractivity contribution < 1.29 is 27.5 Å². The highest BCUT2D eigenvalue weighted by Crippen LogP contribution is 2.32. The van der Waals surface area contributed by atoms with Gasteiger partial charge < -0.3 is 5.11 Å². The molecule has 1 heterocycles. The largest absolute Gasteiger partial charge is 0.493 e. The number of hydrogen-bond donors (Lipinski definition) is 1. The van der Waals surface area contributed by atoms with Crippen molar-refractivity contribution in [2.24, 2.45) is 0 Å². The Kier molecular flexibility index (Phi) is 3.73. The molecule has 1 aromatic carbocycles. The molecule has 1 N–H and O–H groups in total. The average molecular weight is 288 g/mol. The van der Waals surface area contributed by atoms with Crippen LogP contribution < -0.4 is 0 Å². The molecule has 0 saturated carbocycles. The number of nitrogens with zero attached hydrogens (tertiary/aromatic N) is 2. The highest BCUT2D eigenvalue weighted by molar-refractivity contribution is 6.01. The molecule has 0 aliphatic rings. The summed E-state index contributed by atoms with van der Waals surface area (Å²) in [6.45, 7) is 0. The van der Waals surface area contributed by atoms with Crippen LogP contribution in [0.25, 0.3) is 5.69 Å². The van der Waals surface area contributed by atoms with Crippen molar-refractivity contribution in [3.63, 3.8) is 0 Å². The van der Waals surface area contributed by atoms with Gasteiger partial charge >= 0.3 is 6.43 Å².